The molecule has 2 nitrogen and oxygen atoms in total. The molecule has 2 radical (unpaired) electrons. The van der Waals surface area contributed by atoms with Crippen molar-refractivity contribution in [2.75, 3.05) is 0 Å². The van der Waals surface area contributed by atoms with E-state index in [4.69, 9.17) is 13.6 Å². The van der Waals surface area contributed by atoms with E-state index in [-0.39, 0.29) is 5.78 Å². The van der Waals surface area contributed by atoms with Crippen LogP contribution in [-0.4, -0.2) is 19.7 Å². The molecule has 0 aliphatic carbocycles. The Balaban J connectivity index is 2.25. The van der Waals surface area contributed by atoms with Gasteiger partial charge in [-0.05, 0) is 37.0 Å². The Morgan fingerprint density at radius 2 is 1.64 bits per heavy atom. The Bertz CT molecular complexity index is 627. The van der Waals surface area contributed by atoms with Crippen molar-refractivity contribution in [2.24, 2.45) is 5.73 Å². The standard InChI is InChI=1S/C19H22BNO/c1-3-14-11-16(12-15(4-2)18(14)20)19(22)17(21)10-13-8-6-5-7-9-13/h5-9,11-12,17H,3-4,10,21H2,1-2H3/t17-/m0/s1. The fourth-order valence-corrected chi connectivity index (χ4v) is 2.68. The highest BCUT2D eigenvalue weighted by atomic mass is 16.1. The van der Waals surface area contributed by atoms with E-state index in [0.29, 0.717) is 12.0 Å². The predicted molar refractivity (Wildman–Crippen MR) is 93.0 cm³/mol. The molecule has 2 aromatic carbocycles. The van der Waals surface area contributed by atoms with Gasteiger partial charge in [-0.2, -0.15) is 0 Å². The van der Waals surface area contributed by atoms with E-state index >= 15 is 0 Å². The van der Waals surface area contributed by atoms with Gasteiger partial charge in [-0.15, -0.1) is 0 Å². The Morgan fingerprint density at radius 1 is 1.09 bits per heavy atom. The molecule has 0 fully saturated rings. The fourth-order valence-electron chi connectivity index (χ4n) is 2.68. The van der Waals surface area contributed by atoms with Crippen LogP contribution in [-0.2, 0) is 19.3 Å². The first-order valence-electron chi connectivity index (χ1n) is 7.81. The average molecular weight is 291 g/mol. The predicted octanol–water partition coefficient (Wildman–Crippen LogP) is 2.36. The number of nitrogens with two attached hydrogens (primary N) is 1. The van der Waals surface area contributed by atoms with Gasteiger partial charge >= 0.3 is 0 Å². The summed E-state index contributed by atoms with van der Waals surface area (Å²) in [6.45, 7) is 4.09. The van der Waals surface area contributed by atoms with E-state index in [1.165, 1.54) is 0 Å². The topological polar surface area (TPSA) is 43.1 Å². The Labute approximate surface area is 134 Å². The number of Topliss-reactive ketones (excluding diaryl/α,β-unsaturated/α-hetero) is 1. The molecule has 0 aromatic heterocycles. The molecule has 0 heterocycles. The fraction of sp³-hybridized carbons (Fsp3) is 0.316. The third-order valence-corrected chi connectivity index (χ3v) is 4.03. The molecule has 2 N–H and O–H groups in total. The maximum Gasteiger partial charge on any atom is 0.179 e. The van der Waals surface area contributed by atoms with Crippen molar-refractivity contribution in [3.05, 3.63) is 64.7 Å². The van der Waals surface area contributed by atoms with Gasteiger partial charge in [-0.1, -0.05) is 60.8 Å². The van der Waals surface area contributed by atoms with Crippen LogP contribution in [0.15, 0.2) is 42.5 Å². The van der Waals surface area contributed by atoms with Crippen LogP contribution in [0.1, 0.15) is 40.9 Å². The first-order chi connectivity index (χ1) is 10.6. The van der Waals surface area contributed by atoms with E-state index in [1.807, 2.05) is 56.3 Å². The van der Waals surface area contributed by atoms with Crippen molar-refractivity contribution in [1.82, 2.24) is 0 Å². The van der Waals surface area contributed by atoms with Gasteiger partial charge in [-0.3, -0.25) is 4.79 Å². The molecule has 0 saturated carbocycles. The molecule has 0 aliphatic heterocycles. The lowest BCUT2D eigenvalue weighted by molar-refractivity contribution is 0.0961. The number of carbonyl (C=O) groups is 1. The minimum atomic E-state index is -0.527. The third kappa shape index (κ3) is 3.66. The highest BCUT2D eigenvalue weighted by Crippen LogP contribution is 2.13. The molecule has 0 amide bonds. The molecule has 112 valence electrons. The monoisotopic (exact) mass is 291 g/mol. The average Bonchev–Trinajstić information content (AvgIpc) is 2.55. The summed E-state index contributed by atoms with van der Waals surface area (Å²) >= 11 is 0. The van der Waals surface area contributed by atoms with Crippen molar-refractivity contribution >= 4 is 19.1 Å². The zero-order chi connectivity index (χ0) is 16.1. The molecule has 2 aromatic rings. The summed E-state index contributed by atoms with van der Waals surface area (Å²) in [5, 5.41) is 0. The summed E-state index contributed by atoms with van der Waals surface area (Å²) in [4.78, 5) is 12.6. The first-order valence-corrected chi connectivity index (χ1v) is 7.81. The number of benzene rings is 2. The molecule has 2 rings (SSSR count). The molecule has 0 spiro atoms. The van der Waals surface area contributed by atoms with Crippen LogP contribution < -0.4 is 11.2 Å². The zero-order valence-corrected chi connectivity index (χ0v) is 13.3. The lowest BCUT2D eigenvalue weighted by Crippen LogP contribution is -2.33. The summed E-state index contributed by atoms with van der Waals surface area (Å²) in [5.74, 6) is -0.0201. The molecule has 0 bridgehead atoms. The third-order valence-electron chi connectivity index (χ3n) is 4.03. The first kappa shape index (κ1) is 16.5. The molecule has 3 heteroatoms. The van der Waals surface area contributed by atoms with Crippen molar-refractivity contribution in [1.29, 1.82) is 0 Å². The van der Waals surface area contributed by atoms with Crippen molar-refractivity contribution in [2.45, 2.75) is 39.2 Å². The van der Waals surface area contributed by atoms with Crippen LogP contribution in [0, 0.1) is 0 Å². The lowest BCUT2D eigenvalue weighted by atomic mass is 9.81. The highest BCUT2D eigenvalue weighted by molar-refractivity contribution is 6.34. The van der Waals surface area contributed by atoms with Crippen LogP contribution in [0.3, 0.4) is 0 Å². The molecule has 0 saturated heterocycles. The van der Waals surface area contributed by atoms with Crippen LogP contribution in [0.2, 0.25) is 0 Å². The smallest absolute Gasteiger partial charge is 0.179 e. The molecular formula is C19H22BNO. The van der Waals surface area contributed by atoms with E-state index in [9.17, 15) is 4.79 Å². The summed E-state index contributed by atoms with van der Waals surface area (Å²) < 4.78 is 0. The largest absolute Gasteiger partial charge is 0.321 e. The summed E-state index contributed by atoms with van der Waals surface area (Å²) in [6, 6.07) is 13.1. The summed E-state index contributed by atoms with van der Waals surface area (Å²) in [5.41, 5.74) is 10.7. The summed E-state index contributed by atoms with van der Waals surface area (Å²) in [7, 11) is 6.13. The van der Waals surface area contributed by atoms with Gasteiger partial charge in [0.05, 0.1) is 6.04 Å². The Hall–Kier alpha value is -1.87. The van der Waals surface area contributed by atoms with Crippen LogP contribution >= 0.6 is 0 Å². The van der Waals surface area contributed by atoms with Gasteiger partial charge in [0, 0.05) is 5.56 Å². The Morgan fingerprint density at radius 3 is 2.14 bits per heavy atom. The SMILES string of the molecule is [B]c1c(CC)cc(C(=O)[C@@H](N)Cc2ccccc2)cc1CC. The molecule has 22 heavy (non-hydrogen) atoms. The van der Waals surface area contributed by atoms with Crippen LogP contribution in [0.25, 0.3) is 0 Å². The van der Waals surface area contributed by atoms with E-state index in [1.54, 1.807) is 0 Å². The number of carbonyl (C=O) groups excluding carboxylic acids is 1. The van der Waals surface area contributed by atoms with E-state index < -0.39 is 6.04 Å². The number of hydrogen-bond acceptors (Lipinski definition) is 2. The second kappa shape index (κ2) is 7.41. The van der Waals surface area contributed by atoms with Crippen molar-refractivity contribution in [3.8, 4) is 0 Å². The number of hydrogen-bond donors (Lipinski definition) is 1. The normalized spacial score (nSPS) is 12.1. The molecule has 0 aliphatic rings. The van der Waals surface area contributed by atoms with Crippen molar-refractivity contribution < 1.29 is 4.79 Å². The molecule has 0 unspecified atom stereocenters. The van der Waals surface area contributed by atoms with E-state index in [0.717, 1.165) is 35.0 Å². The molecule has 1 atom stereocenters. The minimum Gasteiger partial charge on any atom is -0.321 e. The number of aryl methyl sites for hydroxylation is 2. The number of ketones is 1. The van der Waals surface area contributed by atoms with Gasteiger partial charge < -0.3 is 5.73 Å². The second-order valence-corrected chi connectivity index (χ2v) is 5.58. The van der Waals surface area contributed by atoms with Gasteiger partial charge in [0.1, 0.15) is 7.85 Å². The summed E-state index contributed by atoms with van der Waals surface area (Å²) in [6.07, 6.45) is 2.18. The van der Waals surface area contributed by atoms with Crippen LogP contribution in [0.4, 0.5) is 0 Å². The van der Waals surface area contributed by atoms with Crippen molar-refractivity contribution in [3.63, 3.8) is 0 Å². The van der Waals surface area contributed by atoms with Gasteiger partial charge in [-0.25, -0.2) is 0 Å². The quantitative estimate of drug-likeness (QED) is 0.656. The van der Waals surface area contributed by atoms with Crippen LogP contribution in [0.5, 0.6) is 0 Å². The highest BCUT2D eigenvalue weighted by Gasteiger charge is 2.18. The lowest BCUT2D eigenvalue weighted by Gasteiger charge is -2.15. The minimum absolute atomic E-state index is 0.0201. The van der Waals surface area contributed by atoms with E-state index in [2.05, 4.69) is 0 Å². The maximum atomic E-state index is 12.6. The second-order valence-electron chi connectivity index (χ2n) is 5.58. The molecular weight excluding hydrogens is 269 g/mol. The van der Waals surface area contributed by atoms with Gasteiger partial charge in [0.15, 0.2) is 5.78 Å². The number of rotatable bonds is 6. The maximum absolute atomic E-state index is 12.6. The zero-order valence-electron chi connectivity index (χ0n) is 13.3. The Kier molecular flexibility index (Phi) is 5.56. The van der Waals surface area contributed by atoms with Gasteiger partial charge in [0.25, 0.3) is 0 Å². The van der Waals surface area contributed by atoms with Gasteiger partial charge in [0.2, 0.25) is 0 Å².